The minimum atomic E-state index is -0.444. The Morgan fingerprint density at radius 3 is 2.62 bits per heavy atom. The highest BCUT2D eigenvalue weighted by Crippen LogP contribution is 2.27. The van der Waals surface area contributed by atoms with Crippen LogP contribution in [0.15, 0.2) is 18.2 Å². The number of aliphatic hydroxyl groups excluding tert-OH is 1. The van der Waals surface area contributed by atoms with Crippen molar-refractivity contribution in [2.24, 2.45) is 5.92 Å². The number of nitrogens with one attached hydrogen (secondary N) is 1. The molecule has 0 heterocycles. The minimum Gasteiger partial charge on any atom is -0.493 e. The van der Waals surface area contributed by atoms with Crippen LogP contribution in [0, 0.1) is 16.0 Å². The van der Waals surface area contributed by atoms with Gasteiger partial charge >= 0.3 is 0 Å². The third-order valence-corrected chi connectivity index (χ3v) is 2.92. The van der Waals surface area contributed by atoms with E-state index >= 15 is 0 Å². The zero-order chi connectivity index (χ0) is 15.8. The van der Waals surface area contributed by atoms with E-state index in [4.69, 9.17) is 4.74 Å². The number of hydrogen-bond acceptors (Lipinski definition) is 5. The van der Waals surface area contributed by atoms with Gasteiger partial charge in [-0.25, -0.2) is 0 Å². The van der Waals surface area contributed by atoms with Crippen LogP contribution in [0.3, 0.4) is 0 Å². The molecule has 0 amide bonds. The van der Waals surface area contributed by atoms with Crippen LogP contribution >= 0.6 is 0 Å². The van der Waals surface area contributed by atoms with Gasteiger partial charge in [0.25, 0.3) is 5.69 Å². The molecule has 0 radical (unpaired) electrons. The monoisotopic (exact) mass is 296 g/mol. The maximum absolute atomic E-state index is 11.0. The number of ether oxygens (including phenoxy) is 1. The molecule has 2 N–H and O–H groups in total. The molecule has 0 aromatic heterocycles. The highest BCUT2D eigenvalue weighted by atomic mass is 16.6. The third kappa shape index (κ3) is 5.99. The Labute approximate surface area is 125 Å². The van der Waals surface area contributed by atoms with Gasteiger partial charge in [-0.2, -0.15) is 0 Å². The van der Waals surface area contributed by atoms with Gasteiger partial charge in [-0.3, -0.25) is 10.1 Å². The zero-order valence-electron chi connectivity index (χ0n) is 12.8. The van der Waals surface area contributed by atoms with Crippen molar-refractivity contribution in [2.75, 3.05) is 18.5 Å². The molecule has 21 heavy (non-hydrogen) atoms. The summed E-state index contributed by atoms with van der Waals surface area (Å²) in [6, 6.07) is 4.47. The first-order valence-electron chi connectivity index (χ1n) is 7.26. The summed E-state index contributed by atoms with van der Waals surface area (Å²) in [4.78, 5) is 10.5. The van der Waals surface area contributed by atoms with Crippen molar-refractivity contribution in [1.29, 1.82) is 0 Å². The van der Waals surface area contributed by atoms with Gasteiger partial charge in [0.2, 0.25) is 0 Å². The second-order valence-electron chi connectivity index (χ2n) is 5.47. The Kier molecular flexibility index (Phi) is 6.94. The van der Waals surface area contributed by atoms with Crippen LogP contribution in [0.4, 0.5) is 11.4 Å². The van der Waals surface area contributed by atoms with Crippen molar-refractivity contribution in [1.82, 2.24) is 0 Å². The quantitative estimate of drug-likeness (QED) is 0.540. The Balaban J connectivity index is 2.93. The van der Waals surface area contributed by atoms with Crippen LogP contribution in [-0.2, 0) is 0 Å². The Morgan fingerprint density at radius 2 is 2.10 bits per heavy atom. The van der Waals surface area contributed by atoms with Crippen molar-refractivity contribution in [3.05, 3.63) is 28.3 Å². The van der Waals surface area contributed by atoms with Gasteiger partial charge in [0, 0.05) is 23.9 Å². The normalized spacial score (nSPS) is 12.2. The van der Waals surface area contributed by atoms with Crippen LogP contribution in [0.25, 0.3) is 0 Å². The van der Waals surface area contributed by atoms with Gasteiger partial charge < -0.3 is 15.2 Å². The summed E-state index contributed by atoms with van der Waals surface area (Å²) in [6.07, 6.45) is 1.61. The smallest absolute Gasteiger partial charge is 0.275 e. The number of benzene rings is 1. The highest BCUT2D eigenvalue weighted by molar-refractivity contribution is 5.56. The predicted molar refractivity (Wildman–Crippen MR) is 82.8 cm³/mol. The van der Waals surface area contributed by atoms with E-state index in [9.17, 15) is 15.2 Å². The summed E-state index contributed by atoms with van der Waals surface area (Å²) in [6.45, 7) is 6.59. The third-order valence-electron chi connectivity index (χ3n) is 2.92. The molecule has 6 heteroatoms. The average Bonchev–Trinajstić information content (AvgIpc) is 2.43. The second-order valence-corrected chi connectivity index (χ2v) is 5.47. The van der Waals surface area contributed by atoms with Crippen molar-refractivity contribution in [3.8, 4) is 5.75 Å². The zero-order valence-corrected chi connectivity index (χ0v) is 12.8. The summed E-state index contributed by atoms with van der Waals surface area (Å²) >= 11 is 0. The van der Waals surface area contributed by atoms with Crippen molar-refractivity contribution in [2.45, 2.75) is 39.7 Å². The maximum atomic E-state index is 11.0. The van der Waals surface area contributed by atoms with E-state index in [-0.39, 0.29) is 18.3 Å². The fourth-order valence-corrected chi connectivity index (χ4v) is 2.06. The first kappa shape index (κ1) is 17.2. The van der Waals surface area contributed by atoms with Crippen molar-refractivity contribution >= 4 is 11.4 Å². The Bertz CT molecular complexity index is 463. The van der Waals surface area contributed by atoms with E-state index in [1.54, 1.807) is 6.07 Å². The minimum absolute atomic E-state index is 0.0210. The molecule has 1 aromatic carbocycles. The van der Waals surface area contributed by atoms with Gasteiger partial charge in [0.1, 0.15) is 5.75 Å². The van der Waals surface area contributed by atoms with E-state index in [1.165, 1.54) is 12.1 Å². The molecule has 118 valence electrons. The Hall–Kier alpha value is -1.82. The SMILES string of the molecule is CCCOc1cc(NC(CO)CC(C)C)cc([N+](=O)[O-])c1. The number of nitro benzene ring substituents is 1. The van der Waals surface area contributed by atoms with Crippen molar-refractivity contribution < 1.29 is 14.8 Å². The molecular weight excluding hydrogens is 272 g/mol. The van der Waals surface area contributed by atoms with Gasteiger partial charge in [-0.15, -0.1) is 0 Å². The number of nitro groups is 1. The second kappa shape index (κ2) is 8.46. The molecule has 1 rings (SSSR count). The van der Waals surface area contributed by atoms with E-state index < -0.39 is 4.92 Å². The van der Waals surface area contributed by atoms with Crippen LogP contribution in [-0.4, -0.2) is 29.3 Å². The number of hydrogen-bond donors (Lipinski definition) is 2. The summed E-state index contributed by atoms with van der Waals surface area (Å²) < 4.78 is 5.48. The highest BCUT2D eigenvalue weighted by Gasteiger charge is 2.14. The number of nitrogens with zero attached hydrogens (tertiary/aromatic N) is 1. The number of aliphatic hydroxyl groups is 1. The lowest BCUT2D eigenvalue weighted by molar-refractivity contribution is -0.384. The molecule has 0 aliphatic rings. The summed E-state index contributed by atoms with van der Waals surface area (Å²) in [7, 11) is 0. The number of rotatable bonds is 9. The molecule has 1 atom stereocenters. The largest absolute Gasteiger partial charge is 0.493 e. The molecular formula is C15H24N2O4. The predicted octanol–water partition coefficient (Wildman–Crippen LogP) is 3.20. The molecule has 6 nitrogen and oxygen atoms in total. The van der Waals surface area contributed by atoms with E-state index in [1.807, 2.05) is 6.92 Å². The summed E-state index contributed by atoms with van der Waals surface area (Å²) in [5.41, 5.74) is 0.572. The lowest BCUT2D eigenvalue weighted by Gasteiger charge is -2.20. The topological polar surface area (TPSA) is 84.6 Å². The molecule has 1 unspecified atom stereocenters. The first-order chi connectivity index (χ1) is 9.96. The fourth-order valence-electron chi connectivity index (χ4n) is 2.06. The molecule has 0 saturated heterocycles. The number of non-ortho nitro benzene ring substituents is 1. The molecule has 0 spiro atoms. The van der Waals surface area contributed by atoms with Gasteiger partial charge in [0.15, 0.2) is 0 Å². The van der Waals surface area contributed by atoms with E-state index in [2.05, 4.69) is 19.2 Å². The maximum Gasteiger partial charge on any atom is 0.275 e. The van der Waals surface area contributed by atoms with Crippen LogP contribution in [0.2, 0.25) is 0 Å². The van der Waals surface area contributed by atoms with E-state index in [0.717, 1.165) is 12.8 Å². The molecule has 0 aliphatic carbocycles. The molecule has 0 fully saturated rings. The molecule has 0 saturated carbocycles. The fraction of sp³-hybridized carbons (Fsp3) is 0.600. The Morgan fingerprint density at radius 1 is 1.38 bits per heavy atom. The van der Waals surface area contributed by atoms with Crippen molar-refractivity contribution in [3.63, 3.8) is 0 Å². The van der Waals surface area contributed by atoms with Crippen LogP contribution < -0.4 is 10.1 Å². The average molecular weight is 296 g/mol. The standard InChI is InChI=1S/C15H24N2O4/c1-4-5-21-15-8-12(7-14(9-15)17(19)20)16-13(10-18)6-11(2)3/h7-9,11,13,16,18H,4-6,10H2,1-3H3. The molecule has 0 aliphatic heterocycles. The van der Waals surface area contributed by atoms with Gasteiger partial charge in [-0.1, -0.05) is 20.8 Å². The van der Waals surface area contributed by atoms with Crippen LogP contribution in [0.1, 0.15) is 33.6 Å². The molecule has 1 aromatic rings. The summed E-state index contributed by atoms with van der Waals surface area (Å²) in [5, 5.41) is 23.5. The first-order valence-corrected chi connectivity index (χ1v) is 7.26. The lowest BCUT2D eigenvalue weighted by Crippen LogP contribution is -2.25. The summed E-state index contributed by atoms with van der Waals surface area (Å²) in [5.74, 6) is 0.888. The van der Waals surface area contributed by atoms with Gasteiger partial charge in [-0.05, 0) is 18.8 Å². The van der Waals surface area contributed by atoms with Gasteiger partial charge in [0.05, 0.1) is 24.2 Å². The lowest BCUT2D eigenvalue weighted by atomic mass is 10.0. The molecule has 0 bridgehead atoms. The van der Waals surface area contributed by atoms with E-state index in [0.29, 0.717) is 24.0 Å². The van der Waals surface area contributed by atoms with Crippen LogP contribution in [0.5, 0.6) is 5.75 Å². The number of anilines is 1.